The Morgan fingerprint density at radius 3 is 2.08 bits per heavy atom. The average Bonchev–Trinajstić information content (AvgIpc) is 3.45. The number of rotatable bonds is 4. The predicted molar refractivity (Wildman–Crippen MR) is 192 cm³/mol. The minimum absolute atomic E-state index is 0.144. The molecule has 232 valence electrons. The molecule has 5 aromatic carbocycles. The molecule has 0 amide bonds. The highest BCUT2D eigenvalue weighted by atomic mass is 16.5. The summed E-state index contributed by atoms with van der Waals surface area (Å²) in [6.45, 7) is 10.6. The van der Waals surface area contributed by atoms with Crippen LogP contribution >= 0.6 is 0 Å². The van der Waals surface area contributed by atoms with Gasteiger partial charge in [0.2, 0.25) is 5.88 Å². The van der Waals surface area contributed by atoms with E-state index < -0.39 is 0 Å². The van der Waals surface area contributed by atoms with Crippen LogP contribution in [0.2, 0.25) is 0 Å². The van der Waals surface area contributed by atoms with Crippen molar-refractivity contribution in [3.05, 3.63) is 131 Å². The second-order valence-corrected chi connectivity index (χ2v) is 12.9. The quantitative estimate of drug-likeness (QED) is 0.185. The second kappa shape index (κ2) is 10.6. The fourth-order valence-corrected chi connectivity index (χ4v) is 7.63. The summed E-state index contributed by atoms with van der Waals surface area (Å²) < 4.78 is 21.9. The van der Waals surface area contributed by atoms with E-state index in [9.17, 15) is 0 Å². The van der Waals surface area contributed by atoms with Gasteiger partial charge in [-0.25, -0.2) is 9.97 Å². The summed E-state index contributed by atoms with van der Waals surface area (Å²) in [4.78, 5) is 9.62. The zero-order valence-corrected chi connectivity index (χ0v) is 27.5. The predicted octanol–water partition coefficient (Wildman–Crippen LogP) is 8.15. The van der Waals surface area contributed by atoms with Gasteiger partial charge in [-0.05, 0) is 122 Å². The molecule has 0 fully saturated rings. The highest BCUT2D eigenvalue weighted by molar-refractivity contribution is 6.98. The van der Waals surface area contributed by atoms with Gasteiger partial charge in [-0.1, -0.05) is 42.0 Å². The molecule has 0 aliphatic carbocycles. The Labute approximate surface area is 279 Å². The van der Waals surface area contributed by atoms with E-state index in [-0.39, 0.29) is 6.71 Å². The number of ether oxygens (including phenoxy) is 3. The lowest BCUT2D eigenvalue weighted by atomic mass is 9.34. The molecule has 0 saturated heterocycles. The Bertz CT molecular complexity index is 2410. The molecule has 0 bridgehead atoms. The van der Waals surface area contributed by atoms with Crippen LogP contribution in [0.4, 0.5) is 0 Å². The van der Waals surface area contributed by atoms with Crippen LogP contribution in [0, 0.1) is 34.6 Å². The maximum atomic E-state index is 6.72. The number of benzene rings is 5. The SMILES string of the molecule is Cc1cc(C)c(-n2c(-c3ccc4c(c3)B3c5cc(Oc6ccccn6)ccc5Oc5c(C)cc(C)c(c53)O4)nc3ccccc32)c(C)c1. The van der Waals surface area contributed by atoms with Gasteiger partial charge in [-0.3, -0.25) is 4.57 Å². The minimum atomic E-state index is -0.144. The van der Waals surface area contributed by atoms with E-state index in [4.69, 9.17) is 19.2 Å². The number of hydrogen-bond donors (Lipinski definition) is 0. The van der Waals surface area contributed by atoms with Crippen LogP contribution in [0.3, 0.4) is 0 Å². The molecular formula is C41H32BN3O3. The van der Waals surface area contributed by atoms with Crippen molar-refractivity contribution in [3.8, 4) is 51.7 Å². The number of nitrogens with zero attached hydrogens (tertiary/aromatic N) is 3. The van der Waals surface area contributed by atoms with Crippen molar-refractivity contribution in [2.24, 2.45) is 0 Å². The number of para-hydroxylation sites is 2. The summed E-state index contributed by atoms with van der Waals surface area (Å²) in [5.41, 5.74) is 13.1. The van der Waals surface area contributed by atoms with Crippen LogP contribution in [0.15, 0.2) is 103 Å². The smallest absolute Gasteiger partial charge is 0.260 e. The first-order valence-corrected chi connectivity index (χ1v) is 16.3. The first-order valence-electron chi connectivity index (χ1n) is 16.3. The van der Waals surface area contributed by atoms with E-state index in [0.29, 0.717) is 11.6 Å². The lowest BCUT2D eigenvalue weighted by Gasteiger charge is -2.35. The second-order valence-electron chi connectivity index (χ2n) is 12.9. The average molecular weight is 626 g/mol. The van der Waals surface area contributed by atoms with Gasteiger partial charge in [0.15, 0.2) is 0 Å². The summed E-state index contributed by atoms with van der Waals surface area (Å²) in [5.74, 6) is 5.44. The van der Waals surface area contributed by atoms with Crippen LogP contribution < -0.4 is 30.6 Å². The van der Waals surface area contributed by atoms with Crippen molar-refractivity contribution in [1.82, 2.24) is 14.5 Å². The Hall–Kier alpha value is -5.82. The Morgan fingerprint density at radius 1 is 0.667 bits per heavy atom. The molecule has 48 heavy (non-hydrogen) atoms. The van der Waals surface area contributed by atoms with E-state index in [0.717, 1.165) is 78.6 Å². The molecule has 2 aliphatic heterocycles. The third kappa shape index (κ3) is 4.34. The Morgan fingerprint density at radius 2 is 1.35 bits per heavy atom. The molecule has 0 radical (unpaired) electrons. The number of aryl methyl sites for hydroxylation is 5. The third-order valence-corrected chi connectivity index (χ3v) is 9.50. The van der Waals surface area contributed by atoms with Crippen molar-refractivity contribution < 1.29 is 14.2 Å². The molecule has 0 unspecified atom stereocenters. The van der Waals surface area contributed by atoms with Crippen molar-refractivity contribution in [2.75, 3.05) is 0 Å². The van der Waals surface area contributed by atoms with E-state index >= 15 is 0 Å². The van der Waals surface area contributed by atoms with Gasteiger partial charge in [-0.2, -0.15) is 0 Å². The van der Waals surface area contributed by atoms with Gasteiger partial charge in [0.05, 0.1) is 16.7 Å². The van der Waals surface area contributed by atoms with Gasteiger partial charge in [0, 0.05) is 23.3 Å². The van der Waals surface area contributed by atoms with Crippen LogP contribution in [0.5, 0.6) is 34.6 Å². The molecule has 7 heteroatoms. The first kappa shape index (κ1) is 28.4. The third-order valence-electron chi connectivity index (χ3n) is 9.50. The first-order chi connectivity index (χ1) is 23.3. The molecule has 6 nitrogen and oxygen atoms in total. The summed E-state index contributed by atoms with van der Waals surface area (Å²) in [6, 6.07) is 33.1. The van der Waals surface area contributed by atoms with E-state index in [1.165, 1.54) is 16.7 Å². The van der Waals surface area contributed by atoms with E-state index in [2.05, 4.69) is 105 Å². The van der Waals surface area contributed by atoms with Crippen molar-refractivity contribution in [2.45, 2.75) is 34.6 Å². The maximum Gasteiger partial charge on any atom is 0.260 e. The zero-order chi connectivity index (χ0) is 32.7. The lowest BCUT2D eigenvalue weighted by molar-refractivity contribution is 0.452. The number of pyridine rings is 1. The van der Waals surface area contributed by atoms with Gasteiger partial charge < -0.3 is 14.2 Å². The highest BCUT2D eigenvalue weighted by Gasteiger charge is 2.42. The van der Waals surface area contributed by atoms with Gasteiger partial charge in [0.1, 0.15) is 34.6 Å². The summed E-state index contributed by atoms with van der Waals surface area (Å²) in [5, 5.41) is 0. The molecule has 2 aromatic heterocycles. The molecule has 4 heterocycles. The monoisotopic (exact) mass is 625 g/mol. The molecule has 0 saturated carbocycles. The Balaban J connectivity index is 1.27. The van der Waals surface area contributed by atoms with Crippen molar-refractivity contribution >= 4 is 34.1 Å². The molecule has 0 spiro atoms. The zero-order valence-electron chi connectivity index (χ0n) is 27.5. The normalized spacial score (nSPS) is 12.6. The topological polar surface area (TPSA) is 58.4 Å². The molecule has 7 aromatic rings. The van der Waals surface area contributed by atoms with Crippen LogP contribution in [-0.4, -0.2) is 21.2 Å². The highest BCUT2D eigenvalue weighted by Crippen LogP contribution is 2.40. The number of fused-ring (bicyclic) bond motifs is 5. The molecule has 0 N–H and O–H groups in total. The maximum absolute atomic E-state index is 6.72. The van der Waals surface area contributed by atoms with Crippen molar-refractivity contribution in [1.29, 1.82) is 0 Å². The largest absolute Gasteiger partial charge is 0.458 e. The Kier molecular flexibility index (Phi) is 6.28. The van der Waals surface area contributed by atoms with Crippen LogP contribution in [0.25, 0.3) is 28.1 Å². The molecule has 9 rings (SSSR count). The lowest BCUT2D eigenvalue weighted by Crippen LogP contribution is -2.57. The summed E-state index contributed by atoms with van der Waals surface area (Å²) in [6.07, 6.45) is 1.73. The molecule has 2 aliphatic rings. The van der Waals surface area contributed by atoms with E-state index in [1.807, 2.05) is 36.4 Å². The number of imidazole rings is 1. The summed E-state index contributed by atoms with van der Waals surface area (Å²) >= 11 is 0. The van der Waals surface area contributed by atoms with Gasteiger partial charge in [0.25, 0.3) is 6.71 Å². The standard InChI is InChI=1S/C41H32BN3O3/c1-23-18-24(2)38(25(3)19-23)45-33-11-7-6-10-32(33)44-41(45)28-13-15-34-30(21-28)42-31-22-29(46-36-12-8-9-17-43-36)14-16-35(31)48-40-27(5)20-26(4)39(47-34)37(40)42/h6-22H,1-5H3. The van der Waals surface area contributed by atoms with Gasteiger partial charge in [-0.15, -0.1) is 0 Å². The number of hydrogen-bond acceptors (Lipinski definition) is 5. The molecular weight excluding hydrogens is 593 g/mol. The van der Waals surface area contributed by atoms with E-state index in [1.54, 1.807) is 6.20 Å². The van der Waals surface area contributed by atoms with Gasteiger partial charge >= 0.3 is 0 Å². The summed E-state index contributed by atoms with van der Waals surface area (Å²) in [7, 11) is 0. The fraction of sp³-hybridized carbons (Fsp3) is 0.122. The fourth-order valence-electron chi connectivity index (χ4n) is 7.63. The van der Waals surface area contributed by atoms with Crippen molar-refractivity contribution in [3.63, 3.8) is 0 Å². The van der Waals surface area contributed by atoms with Crippen LogP contribution in [0.1, 0.15) is 27.8 Å². The molecule has 0 atom stereocenters. The van der Waals surface area contributed by atoms with Crippen LogP contribution in [-0.2, 0) is 0 Å². The minimum Gasteiger partial charge on any atom is -0.458 e. The number of aromatic nitrogens is 3.